The number of anilines is 1. The fourth-order valence-corrected chi connectivity index (χ4v) is 2.44. The van der Waals surface area contributed by atoms with Crippen molar-refractivity contribution in [3.63, 3.8) is 0 Å². The predicted octanol–water partition coefficient (Wildman–Crippen LogP) is 2.21. The third kappa shape index (κ3) is 2.46. The summed E-state index contributed by atoms with van der Waals surface area (Å²) in [6, 6.07) is 3.90. The molecule has 3 rings (SSSR count). The zero-order valence-electron chi connectivity index (χ0n) is 10.4. The van der Waals surface area contributed by atoms with Crippen molar-refractivity contribution in [2.24, 2.45) is 13.0 Å². The molecule has 2 aromatic rings. The summed E-state index contributed by atoms with van der Waals surface area (Å²) in [5.74, 6) is 0.683. The van der Waals surface area contributed by atoms with Gasteiger partial charge in [0, 0.05) is 31.6 Å². The highest BCUT2D eigenvalue weighted by Gasteiger charge is 2.44. The number of nitrogens with one attached hydrogen (secondary N) is 1. The van der Waals surface area contributed by atoms with E-state index in [1.165, 1.54) is 0 Å². The Morgan fingerprint density at radius 1 is 1.47 bits per heavy atom. The third-order valence-electron chi connectivity index (χ3n) is 3.29. The normalized spacial score (nSPS) is 21.2. The number of pyridine rings is 1. The molecule has 1 saturated carbocycles. The Kier molecular flexibility index (Phi) is 2.98. The molecular weight excluding hydrogens is 264 g/mol. The second-order valence-corrected chi connectivity index (χ2v) is 5.12. The second kappa shape index (κ2) is 4.66. The Labute approximate surface area is 115 Å². The lowest BCUT2D eigenvalue weighted by molar-refractivity contribution is -0.117. The van der Waals surface area contributed by atoms with Crippen LogP contribution < -0.4 is 5.32 Å². The van der Waals surface area contributed by atoms with E-state index in [0.717, 1.165) is 12.0 Å². The van der Waals surface area contributed by atoms with E-state index in [9.17, 15) is 4.79 Å². The van der Waals surface area contributed by atoms with E-state index < -0.39 is 0 Å². The fourth-order valence-electron chi connectivity index (χ4n) is 2.22. The molecular formula is C13H13ClN4O. The molecule has 19 heavy (non-hydrogen) atoms. The summed E-state index contributed by atoms with van der Waals surface area (Å²) in [5.41, 5.74) is 1.15. The average molecular weight is 277 g/mol. The summed E-state index contributed by atoms with van der Waals surface area (Å²) < 4.78 is 1.57. The summed E-state index contributed by atoms with van der Waals surface area (Å²) in [6.45, 7) is 0. The number of rotatable bonds is 3. The number of aryl methyl sites for hydroxylation is 1. The number of carbonyl (C=O) groups excluding carboxylic acids is 1. The molecule has 6 heteroatoms. The molecule has 2 heterocycles. The van der Waals surface area contributed by atoms with Gasteiger partial charge in [-0.25, -0.2) is 0 Å². The van der Waals surface area contributed by atoms with Gasteiger partial charge in [-0.3, -0.25) is 14.5 Å². The Morgan fingerprint density at radius 3 is 2.84 bits per heavy atom. The van der Waals surface area contributed by atoms with Gasteiger partial charge in [0.15, 0.2) is 5.82 Å². The van der Waals surface area contributed by atoms with Crippen LogP contribution in [0, 0.1) is 5.92 Å². The number of hydrogen-bond acceptors (Lipinski definition) is 3. The average Bonchev–Trinajstić information content (AvgIpc) is 3.13. The van der Waals surface area contributed by atoms with Gasteiger partial charge < -0.3 is 5.32 Å². The minimum Gasteiger partial charge on any atom is -0.308 e. The van der Waals surface area contributed by atoms with Crippen LogP contribution in [0.15, 0.2) is 30.7 Å². The molecule has 1 aliphatic rings. The smallest absolute Gasteiger partial charge is 0.229 e. The molecule has 1 N–H and O–H groups in total. The monoisotopic (exact) mass is 276 g/mol. The topological polar surface area (TPSA) is 59.8 Å². The van der Waals surface area contributed by atoms with Crippen LogP contribution in [0.1, 0.15) is 17.9 Å². The first-order valence-electron chi connectivity index (χ1n) is 6.05. The van der Waals surface area contributed by atoms with Gasteiger partial charge in [-0.1, -0.05) is 11.6 Å². The molecule has 1 fully saturated rings. The molecule has 5 nitrogen and oxygen atoms in total. The van der Waals surface area contributed by atoms with Crippen molar-refractivity contribution < 1.29 is 4.79 Å². The lowest BCUT2D eigenvalue weighted by atomic mass is 10.1. The van der Waals surface area contributed by atoms with E-state index in [0.29, 0.717) is 10.8 Å². The van der Waals surface area contributed by atoms with Gasteiger partial charge in [0.1, 0.15) is 5.02 Å². The van der Waals surface area contributed by atoms with Crippen LogP contribution >= 0.6 is 11.6 Å². The van der Waals surface area contributed by atoms with E-state index >= 15 is 0 Å². The van der Waals surface area contributed by atoms with Crippen molar-refractivity contribution in [1.82, 2.24) is 14.8 Å². The number of carbonyl (C=O) groups is 1. The third-order valence-corrected chi connectivity index (χ3v) is 3.56. The van der Waals surface area contributed by atoms with Gasteiger partial charge in [0.05, 0.1) is 0 Å². The number of nitrogens with zero attached hydrogens (tertiary/aromatic N) is 3. The Bertz CT molecular complexity index is 610. The number of hydrogen-bond donors (Lipinski definition) is 1. The highest BCUT2D eigenvalue weighted by atomic mass is 35.5. The second-order valence-electron chi connectivity index (χ2n) is 4.72. The summed E-state index contributed by atoms with van der Waals surface area (Å²) in [6.07, 6.45) is 6.02. The summed E-state index contributed by atoms with van der Waals surface area (Å²) in [7, 11) is 1.76. The van der Waals surface area contributed by atoms with Gasteiger partial charge in [-0.05, 0) is 30.0 Å². The minimum absolute atomic E-state index is 0.000438. The molecule has 1 aliphatic carbocycles. The predicted molar refractivity (Wildman–Crippen MR) is 71.9 cm³/mol. The first-order chi connectivity index (χ1) is 9.15. The lowest BCUT2D eigenvalue weighted by Gasteiger charge is -2.02. The van der Waals surface area contributed by atoms with Gasteiger partial charge in [-0.15, -0.1) is 0 Å². The van der Waals surface area contributed by atoms with Crippen LogP contribution in [0.4, 0.5) is 5.82 Å². The van der Waals surface area contributed by atoms with E-state index in [1.807, 2.05) is 12.1 Å². The van der Waals surface area contributed by atoms with E-state index in [1.54, 1.807) is 30.3 Å². The maximum atomic E-state index is 12.1. The maximum Gasteiger partial charge on any atom is 0.229 e. The van der Waals surface area contributed by atoms with Crippen LogP contribution in [0.3, 0.4) is 0 Å². The molecule has 2 atom stereocenters. The van der Waals surface area contributed by atoms with Gasteiger partial charge >= 0.3 is 0 Å². The lowest BCUT2D eigenvalue weighted by Crippen LogP contribution is -2.15. The summed E-state index contributed by atoms with van der Waals surface area (Å²) in [5, 5.41) is 7.33. The van der Waals surface area contributed by atoms with Crippen molar-refractivity contribution in [2.75, 3.05) is 5.32 Å². The molecule has 2 unspecified atom stereocenters. The van der Waals surface area contributed by atoms with Crippen molar-refractivity contribution in [1.29, 1.82) is 0 Å². The zero-order chi connectivity index (χ0) is 13.4. The SMILES string of the molecule is Cn1cc(Cl)c(NC(=O)C2CC2c2ccncc2)n1. The molecule has 98 valence electrons. The van der Waals surface area contributed by atoms with Crippen molar-refractivity contribution in [3.05, 3.63) is 41.3 Å². The van der Waals surface area contributed by atoms with Gasteiger partial charge in [-0.2, -0.15) is 5.10 Å². The van der Waals surface area contributed by atoms with E-state index in [-0.39, 0.29) is 17.7 Å². The largest absolute Gasteiger partial charge is 0.308 e. The molecule has 1 amide bonds. The van der Waals surface area contributed by atoms with Crippen LogP contribution in [0.2, 0.25) is 5.02 Å². The van der Waals surface area contributed by atoms with Crippen molar-refractivity contribution >= 4 is 23.3 Å². The van der Waals surface area contributed by atoms with E-state index in [4.69, 9.17) is 11.6 Å². The van der Waals surface area contributed by atoms with Crippen LogP contribution in [-0.4, -0.2) is 20.7 Å². The Hall–Kier alpha value is -1.88. The van der Waals surface area contributed by atoms with Crippen LogP contribution in [0.5, 0.6) is 0 Å². The highest BCUT2D eigenvalue weighted by Crippen LogP contribution is 2.47. The van der Waals surface area contributed by atoms with Crippen molar-refractivity contribution in [2.45, 2.75) is 12.3 Å². The molecule has 0 saturated heterocycles. The zero-order valence-corrected chi connectivity index (χ0v) is 11.1. The molecule has 0 aromatic carbocycles. The number of amides is 1. The highest BCUT2D eigenvalue weighted by molar-refractivity contribution is 6.33. The van der Waals surface area contributed by atoms with E-state index in [2.05, 4.69) is 15.4 Å². The molecule has 0 radical (unpaired) electrons. The maximum absolute atomic E-state index is 12.1. The molecule has 0 spiro atoms. The van der Waals surface area contributed by atoms with Crippen molar-refractivity contribution in [3.8, 4) is 0 Å². The summed E-state index contributed by atoms with van der Waals surface area (Å²) in [4.78, 5) is 16.1. The minimum atomic E-state index is -0.0255. The quantitative estimate of drug-likeness (QED) is 0.935. The van der Waals surface area contributed by atoms with Crippen LogP contribution in [0.25, 0.3) is 0 Å². The summed E-state index contributed by atoms with van der Waals surface area (Å²) >= 11 is 5.96. The standard InChI is InChI=1S/C13H13ClN4O/c1-18-7-11(14)12(17-18)16-13(19)10-6-9(10)8-2-4-15-5-3-8/h2-5,7,9-10H,6H2,1H3,(H,16,17,19). The van der Waals surface area contributed by atoms with Gasteiger partial charge in [0.25, 0.3) is 0 Å². The first-order valence-corrected chi connectivity index (χ1v) is 6.43. The number of halogens is 1. The Morgan fingerprint density at radius 2 is 2.21 bits per heavy atom. The Balaban J connectivity index is 1.66. The molecule has 2 aromatic heterocycles. The van der Waals surface area contributed by atoms with Gasteiger partial charge in [0.2, 0.25) is 5.91 Å². The fraction of sp³-hybridized carbons (Fsp3) is 0.308. The first kappa shape index (κ1) is 12.2. The molecule has 0 bridgehead atoms. The molecule has 0 aliphatic heterocycles. The number of aromatic nitrogens is 3. The van der Waals surface area contributed by atoms with Crippen LogP contribution in [-0.2, 0) is 11.8 Å².